The molecule has 0 saturated carbocycles. The highest BCUT2D eigenvalue weighted by Crippen LogP contribution is 2.32. The lowest BCUT2D eigenvalue weighted by Crippen LogP contribution is -2.66. The Labute approximate surface area is 685 Å². The molecule has 2 aromatic rings. The van der Waals surface area contributed by atoms with E-state index in [1.165, 1.54) is 25.7 Å². The van der Waals surface area contributed by atoms with Gasteiger partial charge in [-0.2, -0.15) is 0 Å². The lowest BCUT2D eigenvalue weighted by molar-refractivity contribution is -0.279. The summed E-state index contributed by atoms with van der Waals surface area (Å²) in [7, 11) is 0. The average molecular weight is 1690 g/mol. The highest BCUT2D eigenvalue weighted by Gasteiger charge is 2.54. The Morgan fingerprint density at radius 1 is 0.353 bits per heavy atom. The van der Waals surface area contributed by atoms with Gasteiger partial charge < -0.3 is 127 Å². The third-order valence-electron chi connectivity index (χ3n) is 17.0. The minimum atomic E-state index is -1.42. The van der Waals surface area contributed by atoms with E-state index in [2.05, 4.69) is 37.2 Å². The zero-order valence-corrected chi connectivity index (χ0v) is 68.3. The summed E-state index contributed by atoms with van der Waals surface area (Å²) in [6, 6.07) is 10.5. The molecule has 43 heteroatoms. The fourth-order valence-electron chi connectivity index (χ4n) is 12.3. The Hall–Kier alpha value is -10.6. The SMILES string of the molecule is CC(=O)NC1C(OCCOCCNC(=O)CN(CC(=O)NCCOCCOC2OC(COC(C)=O)C(OC(C)=O)C(OC(C)=O)C2NC(C)=O)C(Cc2ccc(CNC(=O)OCc3ccccc3)cc2)C(=O)NCCOCCOC2OC(COC(C)=O)C(OC(C)=O)C(OC(C)=O)C2NC(C)=O)OC(COC(C)=O)C(OC(C)=O)C1OC(C)=O. The second-order valence-electron chi connectivity index (χ2n) is 27.0. The van der Waals surface area contributed by atoms with Crippen molar-refractivity contribution in [1.29, 1.82) is 0 Å². The molecular weight excluding hydrogens is 1580 g/mol. The smallest absolute Gasteiger partial charge is 0.407 e. The van der Waals surface area contributed by atoms with Crippen molar-refractivity contribution >= 4 is 95.3 Å². The van der Waals surface area contributed by atoms with Crippen molar-refractivity contribution in [3.8, 4) is 0 Å². The maximum absolute atomic E-state index is 14.9. The van der Waals surface area contributed by atoms with E-state index in [9.17, 15) is 76.7 Å². The first-order valence-corrected chi connectivity index (χ1v) is 37.9. The molecule has 3 heterocycles. The van der Waals surface area contributed by atoms with Crippen LogP contribution in [0.25, 0.3) is 0 Å². The molecule has 16 unspecified atom stereocenters. The van der Waals surface area contributed by atoms with Crippen LogP contribution in [0, 0.1) is 0 Å². The summed E-state index contributed by atoms with van der Waals surface area (Å²) >= 11 is 0. The number of ether oxygens (including phenoxy) is 19. The van der Waals surface area contributed by atoms with Gasteiger partial charge in [-0.3, -0.25) is 76.8 Å². The van der Waals surface area contributed by atoms with Gasteiger partial charge in [-0.05, 0) is 23.1 Å². The maximum atomic E-state index is 14.9. The van der Waals surface area contributed by atoms with Crippen LogP contribution in [-0.4, -0.2) is 310 Å². The van der Waals surface area contributed by atoms with Crippen LogP contribution in [0.4, 0.5) is 4.79 Å². The number of nitrogens with zero attached hydrogens (tertiary/aromatic N) is 1. The van der Waals surface area contributed by atoms with Crippen LogP contribution in [-0.2, 0) is 181 Å². The van der Waals surface area contributed by atoms with E-state index in [1.807, 2.05) is 6.07 Å². The van der Waals surface area contributed by atoms with Gasteiger partial charge in [0.1, 0.15) is 62.9 Å². The molecule has 662 valence electrons. The molecule has 3 saturated heterocycles. The van der Waals surface area contributed by atoms with Crippen molar-refractivity contribution < 1.29 is 167 Å². The molecule has 3 aliphatic heterocycles. The van der Waals surface area contributed by atoms with Crippen molar-refractivity contribution in [2.45, 2.75) is 201 Å². The predicted molar refractivity (Wildman–Crippen MR) is 400 cm³/mol. The molecule has 3 aliphatic rings. The Bertz CT molecular complexity index is 3570. The monoisotopic (exact) mass is 1690 g/mol. The summed E-state index contributed by atoms with van der Waals surface area (Å²) in [6.45, 7) is 8.33. The largest absolute Gasteiger partial charge is 0.463 e. The van der Waals surface area contributed by atoms with Gasteiger partial charge in [-0.15, -0.1) is 0 Å². The molecule has 0 bridgehead atoms. The molecule has 0 aromatic heterocycles. The number of rotatable bonds is 48. The number of esters is 9. The van der Waals surface area contributed by atoms with Gasteiger partial charge in [-0.1, -0.05) is 54.6 Å². The summed E-state index contributed by atoms with van der Waals surface area (Å²) in [5, 5.41) is 18.7. The third-order valence-corrected chi connectivity index (χ3v) is 17.0. The molecule has 7 N–H and O–H groups in total. The highest BCUT2D eigenvalue weighted by molar-refractivity contribution is 5.86. The van der Waals surface area contributed by atoms with E-state index < -0.39 is 226 Å². The second-order valence-corrected chi connectivity index (χ2v) is 27.0. The fourth-order valence-corrected chi connectivity index (χ4v) is 12.3. The molecule has 2 aromatic carbocycles. The lowest BCUT2D eigenvalue weighted by atomic mass is 9.96. The van der Waals surface area contributed by atoms with Gasteiger partial charge in [0, 0.05) is 109 Å². The minimum Gasteiger partial charge on any atom is -0.463 e. The van der Waals surface area contributed by atoms with Crippen molar-refractivity contribution in [3.05, 3.63) is 71.3 Å². The second kappa shape index (κ2) is 52.3. The first-order valence-electron chi connectivity index (χ1n) is 37.9. The van der Waals surface area contributed by atoms with Crippen LogP contribution >= 0.6 is 0 Å². The van der Waals surface area contributed by atoms with Gasteiger partial charge in [0.05, 0.1) is 78.6 Å². The summed E-state index contributed by atoms with van der Waals surface area (Å²) in [6.07, 6.45) is -17.2. The highest BCUT2D eigenvalue weighted by atomic mass is 16.7. The number of carbonyl (C=O) groups is 16. The fraction of sp³-hybridized carbons (Fsp3) is 0.632. The molecule has 0 aliphatic carbocycles. The van der Waals surface area contributed by atoms with E-state index in [4.69, 9.17) is 90.0 Å². The summed E-state index contributed by atoms with van der Waals surface area (Å²) in [4.78, 5) is 205. The summed E-state index contributed by atoms with van der Waals surface area (Å²) < 4.78 is 107. The first kappa shape index (κ1) is 98.9. The van der Waals surface area contributed by atoms with Gasteiger partial charge >= 0.3 is 59.8 Å². The topological polar surface area (TPSA) is 536 Å². The van der Waals surface area contributed by atoms with E-state index in [1.54, 1.807) is 48.5 Å². The van der Waals surface area contributed by atoms with E-state index in [-0.39, 0.29) is 98.7 Å². The standard InChI is InChI=1S/C76H108N8O35/c1-42(85)81-63-69(114-51(10)94)66(111-48(7)91)58(39-107-45(4)88)117-73(63)104-31-28-101-25-22-77-61(97)36-84(37-62(98)78-23-26-102-29-32-105-74-64(82-43(2)86)70(115-52(11)95)67(112-49(8)92)59(118-74)40-108-46(5)89)57(34-54-18-20-55(21-19-54)35-80-76(100)110-38-56-16-14-13-15-17-56)72(99)79-24-27-103-30-33-106-75-65(83-44(3)87)71(116-53(12)96)68(113-50(9)93)60(119-75)41-109-47(6)90/h13-21,57-60,63-71,73-75H,22-41H2,1-12H3,(H,77,97)(H,78,98)(H,79,99)(H,80,100)(H,81,85)(H,82,86)(H,83,87). The van der Waals surface area contributed by atoms with Crippen LogP contribution in [0.5, 0.6) is 0 Å². The lowest BCUT2D eigenvalue weighted by Gasteiger charge is -2.44. The van der Waals surface area contributed by atoms with Crippen LogP contribution < -0.4 is 37.2 Å². The molecule has 0 spiro atoms. The summed E-state index contributed by atoms with van der Waals surface area (Å²) in [5.41, 5.74) is 1.90. The quantitative estimate of drug-likeness (QED) is 0.0209. The summed E-state index contributed by atoms with van der Waals surface area (Å²) in [5.74, 6) is -11.0. The van der Waals surface area contributed by atoms with Crippen molar-refractivity contribution in [1.82, 2.24) is 42.1 Å². The predicted octanol–water partition coefficient (Wildman–Crippen LogP) is -2.26. The first-order chi connectivity index (χ1) is 56.6. The number of hydrogen-bond donors (Lipinski definition) is 7. The Kier molecular flexibility index (Phi) is 43.5. The van der Waals surface area contributed by atoms with E-state index in [0.29, 0.717) is 11.1 Å². The Balaban J connectivity index is 1.36. The normalized spacial score (nSPS) is 22.7. The van der Waals surface area contributed by atoms with Crippen LogP contribution in [0.2, 0.25) is 0 Å². The van der Waals surface area contributed by atoms with Crippen molar-refractivity contribution in [2.75, 3.05) is 112 Å². The number of benzene rings is 2. The molecule has 3 fully saturated rings. The number of nitrogens with one attached hydrogen (secondary N) is 7. The zero-order valence-electron chi connectivity index (χ0n) is 68.3. The van der Waals surface area contributed by atoms with Crippen LogP contribution in [0.15, 0.2) is 54.6 Å². The van der Waals surface area contributed by atoms with E-state index >= 15 is 0 Å². The van der Waals surface area contributed by atoms with Gasteiger partial charge in [0.2, 0.25) is 35.4 Å². The van der Waals surface area contributed by atoms with Gasteiger partial charge in [0.15, 0.2) is 55.5 Å². The Morgan fingerprint density at radius 3 is 1.01 bits per heavy atom. The average Bonchev–Trinajstić information content (AvgIpc) is 0.797. The van der Waals surface area contributed by atoms with Crippen molar-refractivity contribution in [3.63, 3.8) is 0 Å². The molecule has 119 heavy (non-hydrogen) atoms. The zero-order chi connectivity index (χ0) is 87.7. The molecular formula is C76H108N8O35. The molecule has 0 radical (unpaired) electrons. The number of alkyl carbamates (subject to hydrolysis) is 1. The third kappa shape index (κ3) is 37.5. The van der Waals surface area contributed by atoms with Crippen molar-refractivity contribution in [2.24, 2.45) is 0 Å². The Morgan fingerprint density at radius 2 is 0.681 bits per heavy atom. The maximum Gasteiger partial charge on any atom is 0.407 e. The van der Waals surface area contributed by atoms with Crippen LogP contribution in [0.3, 0.4) is 0 Å². The van der Waals surface area contributed by atoms with E-state index in [0.717, 1.165) is 67.9 Å². The van der Waals surface area contributed by atoms with Gasteiger partial charge in [0.25, 0.3) is 0 Å². The molecule has 5 rings (SSSR count). The van der Waals surface area contributed by atoms with Crippen LogP contribution in [0.1, 0.15) is 99.8 Å². The number of hydrogen-bond acceptors (Lipinski definition) is 36. The molecule has 16 atom stereocenters. The van der Waals surface area contributed by atoms with Gasteiger partial charge in [-0.25, -0.2) is 4.79 Å². The number of amides is 7. The minimum absolute atomic E-state index is 0.0138. The number of carbonyl (C=O) groups excluding carboxylic acids is 16. The molecule has 43 nitrogen and oxygen atoms in total. The molecule has 7 amide bonds.